The molecule has 3 saturated heterocycles. The van der Waals surface area contributed by atoms with E-state index in [0.29, 0.717) is 30.9 Å². The molecule has 1 aromatic carbocycles. The fraction of sp³-hybridized carbons (Fsp3) is 0.696. The van der Waals surface area contributed by atoms with Gasteiger partial charge in [-0.3, -0.25) is 0 Å². The van der Waals surface area contributed by atoms with Gasteiger partial charge in [0.25, 0.3) is 0 Å². The molecular weight excluding hydrogens is 409 g/mol. The lowest BCUT2D eigenvalue weighted by Crippen LogP contribution is -2.37. The van der Waals surface area contributed by atoms with Crippen LogP contribution < -0.4 is 4.74 Å². The zero-order valence-corrected chi connectivity index (χ0v) is 18.2. The predicted octanol–water partition coefficient (Wildman–Crippen LogP) is 3.51. The maximum absolute atomic E-state index is 13.3. The van der Waals surface area contributed by atoms with Crippen LogP contribution in [0, 0.1) is 29.3 Å². The molecule has 0 amide bonds. The van der Waals surface area contributed by atoms with Gasteiger partial charge in [0.15, 0.2) is 17.4 Å². The Morgan fingerprint density at radius 3 is 2.23 bits per heavy atom. The second-order valence-corrected chi connectivity index (χ2v) is 8.82. The van der Waals surface area contributed by atoms with Crippen LogP contribution in [-0.2, 0) is 9.53 Å². The lowest BCUT2D eigenvalue weighted by atomic mass is 9.97. The number of rotatable bonds is 5. The van der Waals surface area contributed by atoms with Crippen molar-refractivity contribution >= 4 is 6.29 Å². The largest absolute Gasteiger partial charge is 0.484 e. The summed E-state index contributed by atoms with van der Waals surface area (Å²) in [4.78, 5) is 15.2. The normalized spacial score (nSPS) is 23.9. The van der Waals surface area contributed by atoms with Gasteiger partial charge < -0.3 is 24.1 Å². The molecule has 1 unspecified atom stereocenters. The molecule has 5 nitrogen and oxygen atoms in total. The van der Waals surface area contributed by atoms with Crippen molar-refractivity contribution in [3.8, 4) is 5.75 Å². The highest BCUT2D eigenvalue weighted by Crippen LogP contribution is 2.26. The van der Waals surface area contributed by atoms with E-state index in [-0.39, 0.29) is 6.10 Å². The summed E-state index contributed by atoms with van der Waals surface area (Å²) in [7, 11) is 1.98. The first-order valence-corrected chi connectivity index (χ1v) is 11.2. The first kappa shape index (κ1) is 24.0. The summed E-state index contributed by atoms with van der Waals surface area (Å²) in [6.07, 6.45) is 5.66. The third-order valence-electron chi connectivity index (χ3n) is 6.28. The number of ether oxygens (including phenoxy) is 2. The fourth-order valence-corrected chi connectivity index (χ4v) is 4.28. The van der Waals surface area contributed by atoms with Crippen LogP contribution in [0.3, 0.4) is 0 Å². The van der Waals surface area contributed by atoms with E-state index in [1.807, 2.05) is 7.05 Å². The van der Waals surface area contributed by atoms with Crippen molar-refractivity contribution < 1.29 is 27.4 Å². The molecular formula is C23H33F3N2O3. The van der Waals surface area contributed by atoms with Gasteiger partial charge in [0.1, 0.15) is 18.2 Å². The van der Waals surface area contributed by atoms with E-state index >= 15 is 0 Å². The van der Waals surface area contributed by atoms with E-state index in [4.69, 9.17) is 9.47 Å². The van der Waals surface area contributed by atoms with E-state index in [0.717, 1.165) is 64.4 Å². The molecule has 4 rings (SSSR count). The summed E-state index contributed by atoms with van der Waals surface area (Å²) in [5, 5.41) is 0. The summed E-state index contributed by atoms with van der Waals surface area (Å²) in [6.45, 7) is 6.90. The number of hydrogen-bond donors (Lipinski definition) is 0. The maximum atomic E-state index is 13.3. The minimum atomic E-state index is -0.985. The Morgan fingerprint density at radius 1 is 1.03 bits per heavy atom. The lowest BCUT2D eigenvalue weighted by molar-refractivity contribution is -0.112. The molecule has 3 heterocycles. The van der Waals surface area contributed by atoms with Crippen LogP contribution in [0.25, 0.3) is 0 Å². The maximum Gasteiger partial charge on any atom is 0.191 e. The molecule has 31 heavy (non-hydrogen) atoms. The minimum absolute atomic E-state index is 0.208. The zero-order chi connectivity index (χ0) is 22.2. The number of nitrogens with zero attached hydrogens (tertiary/aromatic N) is 2. The number of halogens is 3. The number of carbonyl (C=O) groups excluding carboxylic acids is 1. The van der Waals surface area contributed by atoms with Gasteiger partial charge in [-0.1, -0.05) is 0 Å². The van der Waals surface area contributed by atoms with Gasteiger partial charge in [0.2, 0.25) is 0 Å². The molecule has 0 spiro atoms. The van der Waals surface area contributed by atoms with E-state index in [2.05, 4.69) is 9.80 Å². The summed E-state index contributed by atoms with van der Waals surface area (Å²) in [5.74, 6) is -2.31. The zero-order valence-electron chi connectivity index (χ0n) is 18.2. The summed E-state index contributed by atoms with van der Waals surface area (Å²) < 4.78 is 50.0. The Bertz CT molecular complexity index is 676. The number of hydrogen-bond acceptors (Lipinski definition) is 5. The number of benzene rings is 1. The summed E-state index contributed by atoms with van der Waals surface area (Å²) >= 11 is 0. The van der Waals surface area contributed by atoms with Crippen molar-refractivity contribution in [1.29, 1.82) is 0 Å². The van der Waals surface area contributed by atoms with Crippen LogP contribution in [0.4, 0.5) is 13.2 Å². The highest BCUT2D eigenvalue weighted by Gasteiger charge is 2.24. The van der Waals surface area contributed by atoms with Crippen molar-refractivity contribution in [2.75, 3.05) is 53.0 Å². The smallest absolute Gasteiger partial charge is 0.191 e. The van der Waals surface area contributed by atoms with Crippen LogP contribution in [-0.4, -0.2) is 75.2 Å². The van der Waals surface area contributed by atoms with Crippen LogP contribution >= 0.6 is 0 Å². The minimum Gasteiger partial charge on any atom is -0.484 e. The van der Waals surface area contributed by atoms with Gasteiger partial charge in [-0.15, -0.1) is 0 Å². The molecule has 1 aromatic rings. The molecule has 3 aliphatic heterocycles. The molecule has 0 aliphatic carbocycles. The van der Waals surface area contributed by atoms with Gasteiger partial charge in [0, 0.05) is 44.3 Å². The average Bonchev–Trinajstić information content (AvgIpc) is 3.26. The molecule has 174 valence electrons. The molecule has 0 bridgehead atoms. The van der Waals surface area contributed by atoms with Crippen molar-refractivity contribution in [3.05, 3.63) is 29.6 Å². The van der Waals surface area contributed by atoms with E-state index in [1.165, 1.54) is 13.0 Å². The molecule has 0 saturated carbocycles. The SMILES string of the molecule is CN1CCC(Oc2c(F)cc(F)cc2F)CC1.O=CC1CCN(CC2CCOC2)CC1. The van der Waals surface area contributed by atoms with Crippen LogP contribution in [0.1, 0.15) is 32.1 Å². The Morgan fingerprint density at radius 2 is 1.68 bits per heavy atom. The highest BCUT2D eigenvalue weighted by atomic mass is 19.1. The molecule has 0 N–H and O–H groups in total. The second kappa shape index (κ2) is 11.8. The number of carbonyl (C=O) groups is 1. The first-order chi connectivity index (χ1) is 14.9. The van der Waals surface area contributed by atoms with Crippen LogP contribution in [0.15, 0.2) is 12.1 Å². The van der Waals surface area contributed by atoms with Crippen molar-refractivity contribution in [2.24, 2.45) is 11.8 Å². The van der Waals surface area contributed by atoms with Crippen molar-refractivity contribution in [2.45, 2.75) is 38.2 Å². The molecule has 8 heteroatoms. The number of likely N-dealkylation sites (tertiary alicyclic amines) is 2. The van der Waals surface area contributed by atoms with E-state index in [1.54, 1.807) is 0 Å². The third-order valence-corrected chi connectivity index (χ3v) is 6.28. The Kier molecular flexibility index (Phi) is 9.16. The van der Waals surface area contributed by atoms with Crippen LogP contribution in [0.5, 0.6) is 5.75 Å². The molecule has 0 aromatic heterocycles. The Labute approximate surface area is 182 Å². The summed E-state index contributed by atoms with van der Waals surface area (Å²) in [6, 6.07) is 1.26. The number of aldehydes is 1. The van der Waals surface area contributed by atoms with E-state index in [9.17, 15) is 18.0 Å². The van der Waals surface area contributed by atoms with Gasteiger partial charge in [0.05, 0.1) is 6.61 Å². The molecule has 3 fully saturated rings. The quantitative estimate of drug-likeness (QED) is 0.653. The van der Waals surface area contributed by atoms with Crippen molar-refractivity contribution in [1.82, 2.24) is 9.80 Å². The highest BCUT2D eigenvalue weighted by molar-refractivity contribution is 5.53. The second-order valence-electron chi connectivity index (χ2n) is 8.82. The Hall–Kier alpha value is -1.64. The molecule has 0 radical (unpaired) electrons. The monoisotopic (exact) mass is 442 g/mol. The Balaban J connectivity index is 0.000000179. The predicted molar refractivity (Wildman–Crippen MR) is 112 cm³/mol. The lowest BCUT2D eigenvalue weighted by Gasteiger charge is -2.31. The van der Waals surface area contributed by atoms with Gasteiger partial charge in [-0.05, 0) is 58.2 Å². The average molecular weight is 443 g/mol. The van der Waals surface area contributed by atoms with E-state index < -0.39 is 23.2 Å². The molecule has 1 atom stereocenters. The first-order valence-electron chi connectivity index (χ1n) is 11.2. The van der Waals surface area contributed by atoms with Crippen molar-refractivity contribution in [3.63, 3.8) is 0 Å². The summed E-state index contributed by atoms with van der Waals surface area (Å²) in [5.41, 5.74) is 0. The van der Waals surface area contributed by atoms with Gasteiger partial charge in [-0.2, -0.15) is 0 Å². The molecule has 3 aliphatic rings. The number of piperidine rings is 2. The van der Waals surface area contributed by atoms with Gasteiger partial charge in [-0.25, -0.2) is 13.2 Å². The topological polar surface area (TPSA) is 42.0 Å². The third kappa shape index (κ3) is 7.47. The van der Waals surface area contributed by atoms with Crippen LogP contribution in [0.2, 0.25) is 0 Å². The van der Waals surface area contributed by atoms with Gasteiger partial charge >= 0.3 is 0 Å². The fourth-order valence-electron chi connectivity index (χ4n) is 4.28. The standard InChI is InChI=1S/C12H14F3NO.C11H19NO2/c1-16-4-2-9(3-5-16)17-12-10(14)6-8(13)7-11(12)15;13-8-10-1-4-12(5-2-10)7-11-3-6-14-9-11/h6-7,9H,2-5H2,1H3;8,10-11H,1-7,9H2.